The van der Waals surface area contributed by atoms with Crippen molar-refractivity contribution < 1.29 is 15.0 Å². The molecule has 1 aliphatic heterocycles. The number of nitrogens with zero attached hydrogens (tertiary/aromatic N) is 1. The van der Waals surface area contributed by atoms with Gasteiger partial charge in [0.05, 0.1) is 0 Å². The van der Waals surface area contributed by atoms with Crippen molar-refractivity contribution in [3.05, 3.63) is 0 Å². The molecule has 0 spiro atoms. The van der Waals surface area contributed by atoms with E-state index in [0.717, 1.165) is 0 Å². The van der Waals surface area contributed by atoms with Crippen molar-refractivity contribution in [2.24, 2.45) is 0 Å². The molecule has 4 nitrogen and oxygen atoms in total. The van der Waals surface area contributed by atoms with Crippen LogP contribution in [0.5, 0.6) is 0 Å². The Morgan fingerprint density at radius 2 is 1.77 bits per heavy atom. The summed E-state index contributed by atoms with van der Waals surface area (Å²) in [6.45, 7) is 3.87. The van der Waals surface area contributed by atoms with Gasteiger partial charge in [0.1, 0.15) is 0 Å². The van der Waals surface area contributed by atoms with E-state index < -0.39 is 11.6 Å². The molecule has 0 amide bonds. The average Bonchev–Trinajstić information content (AvgIpc) is 2.00. The van der Waals surface area contributed by atoms with E-state index in [4.69, 9.17) is 5.11 Å². The molecule has 1 heterocycles. The minimum atomic E-state index is -1.52. The molecular weight excluding hydrogens is 170 g/mol. The second-order valence-corrected chi connectivity index (χ2v) is 4.11. The SMILES string of the molecule is C[C@@H]1CC(O)(C(=O)O)C[C@H](C)N1C. The zero-order valence-corrected chi connectivity index (χ0v) is 8.32. The van der Waals surface area contributed by atoms with Gasteiger partial charge >= 0.3 is 5.97 Å². The third-order valence-electron chi connectivity index (χ3n) is 3.05. The molecule has 0 aromatic rings. The summed E-state index contributed by atoms with van der Waals surface area (Å²) < 4.78 is 0. The van der Waals surface area contributed by atoms with Gasteiger partial charge in [-0.1, -0.05) is 0 Å². The topological polar surface area (TPSA) is 60.8 Å². The number of rotatable bonds is 1. The van der Waals surface area contributed by atoms with Crippen molar-refractivity contribution in [3.63, 3.8) is 0 Å². The second kappa shape index (κ2) is 3.27. The van der Waals surface area contributed by atoms with E-state index in [9.17, 15) is 9.90 Å². The molecule has 2 N–H and O–H groups in total. The monoisotopic (exact) mass is 187 g/mol. The fraction of sp³-hybridized carbons (Fsp3) is 0.889. The molecule has 0 aliphatic carbocycles. The summed E-state index contributed by atoms with van der Waals surface area (Å²) in [7, 11) is 1.96. The van der Waals surface area contributed by atoms with Crippen molar-refractivity contribution in [2.75, 3.05) is 7.05 Å². The molecule has 1 aliphatic rings. The summed E-state index contributed by atoms with van der Waals surface area (Å²) in [5, 5.41) is 18.6. The Kier molecular flexibility index (Phi) is 2.63. The van der Waals surface area contributed by atoms with Gasteiger partial charge in [-0.25, -0.2) is 4.79 Å². The number of aliphatic carboxylic acids is 1. The number of likely N-dealkylation sites (tertiary alicyclic amines) is 1. The van der Waals surface area contributed by atoms with Gasteiger partial charge in [0.25, 0.3) is 0 Å². The fourth-order valence-corrected chi connectivity index (χ4v) is 1.96. The van der Waals surface area contributed by atoms with E-state index >= 15 is 0 Å². The number of carboxylic acids is 1. The van der Waals surface area contributed by atoms with Crippen molar-refractivity contribution in [3.8, 4) is 0 Å². The average molecular weight is 187 g/mol. The van der Waals surface area contributed by atoms with E-state index in [-0.39, 0.29) is 12.1 Å². The first-order valence-electron chi connectivity index (χ1n) is 4.54. The highest BCUT2D eigenvalue weighted by Gasteiger charge is 2.44. The molecule has 1 saturated heterocycles. The Bertz CT molecular complexity index is 205. The van der Waals surface area contributed by atoms with Crippen LogP contribution in [-0.2, 0) is 4.79 Å². The van der Waals surface area contributed by atoms with E-state index in [2.05, 4.69) is 4.90 Å². The van der Waals surface area contributed by atoms with Gasteiger partial charge < -0.3 is 15.1 Å². The van der Waals surface area contributed by atoms with Crippen LogP contribution in [-0.4, -0.2) is 45.8 Å². The lowest BCUT2D eigenvalue weighted by Crippen LogP contribution is -2.55. The zero-order chi connectivity index (χ0) is 10.2. The van der Waals surface area contributed by atoms with Crippen LogP contribution in [0.25, 0.3) is 0 Å². The van der Waals surface area contributed by atoms with Gasteiger partial charge in [-0.05, 0) is 20.9 Å². The van der Waals surface area contributed by atoms with Crippen molar-refractivity contribution in [1.82, 2.24) is 4.90 Å². The highest BCUT2D eigenvalue weighted by Crippen LogP contribution is 2.30. The maximum absolute atomic E-state index is 10.8. The molecule has 1 rings (SSSR count). The third kappa shape index (κ3) is 1.84. The van der Waals surface area contributed by atoms with Crippen LogP contribution >= 0.6 is 0 Å². The van der Waals surface area contributed by atoms with Crippen LogP contribution in [0.1, 0.15) is 26.7 Å². The van der Waals surface area contributed by atoms with Crippen LogP contribution < -0.4 is 0 Å². The van der Waals surface area contributed by atoms with E-state index in [0.29, 0.717) is 12.8 Å². The maximum atomic E-state index is 10.8. The molecule has 1 fully saturated rings. The number of hydrogen-bond donors (Lipinski definition) is 2. The minimum Gasteiger partial charge on any atom is -0.479 e. The van der Waals surface area contributed by atoms with Gasteiger partial charge in [-0.15, -0.1) is 0 Å². The Morgan fingerprint density at radius 1 is 1.38 bits per heavy atom. The minimum absolute atomic E-state index is 0.116. The van der Waals surface area contributed by atoms with E-state index in [1.807, 2.05) is 20.9 Å². The first kappa shape index (κ1) is 10.5. The normalized spacial score (nSPS) is 41.8. The molecule has 0 aromatic carbocycles. The summed E-state index contributed by atoms with van der Waals surface area (Å²) >= 11 is 0. The molecule has 0 aromatic heterocycles. The predicted molar refractivity (Wildman–Crippen MR) is 48.5 cm³/mol. The quantitative estimate of drug-likeness (QED) is 0.620. The molecule has 0 radical (unpaired) electrons. The van der Waals surface area contributed by atoms with Crippen LogP contribution in [0, 0.1) is 0 Å². The summed E-state index contributed by atoms with van der Waals surface area (Å²) in [4.78, 5) is 12.9. The molecule has 13 heavy (non-hydrogen) atoms. The van der Waals surface area contributed by atoms with Crippen molar-refractivity contribution in [2.45, 2.75) is 44.4 Å². The molecule has 3 atom stereocenters. The number of aliphatic hydroxyl groups is 1. The van der Waals surface area contributed by atoms with Crippen LogP contribution in [0.3, 0.4) is 0 Å². The Balaban J connectivity index is 2.79. The predicted octanol–water partition coefficient (Wildman–Crippen LogP) is 0.305. The highest BCUT2D eigenvalue weighted by molar-refractivity contribution is 5.77. The zero-order valence-electron chi connectivity index (χ0n) is 8.32. The van der Waals surface area contributed by atoms with Crippen molar-refractivity contribution >= 4 is 5.97 Å². The standard InChI is InChI=1S/C9H17NO3/c1-6-4-9(13,8(11)12)5-7(2)10(6)3/h6-7,13H,4-5H2,1-3H3,(H,11,12)/t6-,7+,9?. The third-order valence-corrected chi connectivity index (χ3v) is 3.05. The number of hydrogen-bond acceptors (Lipinski definition) is 3. The molecular formula is C9H17NO3. The van der Waals surface area contributed by atoms with Gasteiger partial charge in [-0.2, -0.15) is 0 Å². The van der Waals surface area contributed by atoms with Crippen LogP contribution in [0.2, 0.25) is 0 Å². The second-order valence-electron chi connectivity index (χ2n) is 4.11. The number of piperidine rings is 1. The molecule has 4 heteroatoms. The molecule has 0 bridgehead atoms. The van der Waals surface area contributed by atoms with Crippen molar-refractivity contribution in [1.29, 1.82) is 0 Å². The smallest absolute Gasteiger partial charge is 0.335 e. The maximum Gasteiger partial charge on any atom is 0.335 e. The number of carbonyl (C=O) groups is 1. The summed E-state index contributed by atoms with van der Waals surface area (Å²) in [5.74, 6) is -1.10. The Hall–Kier alpha value is -0.610. The molecule has 76 valence electrons. The lowest BCUT2D eigenvalue weighted by Gasteiger charge is -2.42. The van der Waals surface area contributed by atoms with Crippen LogP contribution in [0.4, 0.5) is 0 Å². The Labute approximate surface area is 78.2 Å². The van der Waals surface area contributed by atoms with E-state index in [1.165, 1.54) is 0 Å². The summed E-state index contributed by atoms with van der Waals surface area (Å²) in [5.41, 5.74) is -1.52. The first-order valence-corrected chi connectivity index (χ1v) is 4.54. The summed E-state index contributed by atoms with van der Waals surface area (Å²) in [6, 6.07) is 0.231. The van der Waals surface area contributed by atoms with Gasteiger partial charge in [0, 0.05) is 24.9 Å². The van der Waals surface area contributed by atoms with Gasteiger partial charge in [0.15, 0.2) is 5.60 Å². The Morgan fingerprint density at radius 3 is 2.08 bits per heavy atom. The lowest BCUT2D eigenvalue weighted by atomic mass is 9.83. The summed E-state index contributed by atoms with van der Waals surface area (Å²) in [6.07, 6.45) is 0.617. The molecule has 0 saturated carbocycles. The largest absolute Gasteiger partial charge is 0.479 e. The van der Waals surface area contributed by atoms with Gasteiger partial charge in [0.2, 0.25) is 0 Å². The lowest BCUT2D eigenvalue weighted by molar-refractivity contribution is -0.167. The van der Waals surface area contributed by atoms with Gasteiger partial charge in [-0.3, -0.25) is 0 Å². The molecule has 1 unspecified atom stereocenters. The van der Waals surface area contributed by atoms with Crippen LogP contribution in [0.15, 0.2) is 0 Å². The number of carboxylic acid groups (broad SMARTS) is 1. The first-order chi connectivity index (χ1) is 5.87. The van der Waals surface area contributed by atoms with E-state index in [1.54, 1.807) is 0 Å². The highest BCUT2D eigenvalue weighted by atomic mass is 16.4. The fourth-order valence-electron chi connectivity index (χ4n) is 1.96.